The van der Waals surface area contributed by atoms with Crippen molar-refractivity contribution >= 4 is 108 Å². The minimum Gasteiger partial charge on any atom is -0.140 e. The highest BCUT2D eigenvalue weighted by atomic mass is 32.2. The lowest BCUT2D eigenvalue weighted by molar-refractivity contribution is 0.883. The van der Waals surface area contributed by atoms with Gasteiger partial charge in [0.2, 0.25) is 0 Å². The summed E-state index contributed by atoms with van der Waals surface area (Å²) in [5.74, 6) is 0.505. The highest BCUT2D eigenvalue weighted by molar-refractivity contribution is 8.00. The summed E-state index contributed by atoms with van der Waals surface area (Å²) in [5, 5.41) is 7.60. The van der Waals surface area contributed by atoms with Gasteiger partial charge >= 0.3 is 0 Å². The van der Waals surface area contributed by atoms with Gasteiger partial charge in [-0.25, -0.2) is 0 Å². The summed E-state index contributed by atoms with van der Waals surface area (Å²) in [5.41, 5.74) is 8.33. The minimum absolute atomic E-state index is 0.505. The van der Waals surface area contributed by atoms with E-state index in [0.717, 1.165) is 12.8 Å². The number of thioether (sulfide) groups is 1. The number of aryl methyl sites for hydroxylation is 1. The largest absolute Gasteiger partial charge is 0.140 e. The van der Waals surface area contributed by atoms with Crippen molar-refractivity contribution in [3.63, 3.8) is 0 Å². The molecular formula is C42H26S4. The number of fused-ring (bicyclic) bond motifs is 13. The van der Waals surface area contributed by atoms with Crippen LogP contribution < -0.4 is 0 Å². The SMILES string of the molecule is C1=CC2Sc3cc4c(cc3C2C=C1)sc1ccc(-c2cccc(C3=Cc5c(sc6ccc7sc8ccccc8c7c56)CC3)c2)cc14. The fraction of sp³-hybridized carbons (Fsp3) is 0.0952. The van der Waals surface area contributed by atoms with Crippen LogP contribution in [0.2, 0.25) is 0 Å². The fourth-order valence-electron chi connectivity index (χ4n) is 7.92. The van der Waals surface area contributed by atoms with Gasteiger partial charge in [-0.1, -0.05) is 66.8 Å². The van der Waals surface area contributed by atoms with Crippen molar-refractivity contribution in [2.24, 2.45) is 0 Å². The molecule has 4 heteroatoms. The Morgan fingerprint density at radius 2 is 1.33 bits per heavy atom. The molecule has 5 aromatic carbocycles. The topological polar surface area (TPSA) is 0 Å². The summed E-state index contributed by atoms with van der Waals surface area (Å²) < 4.78 is 6.97. The summed E-state index contributed by atoms with van der Waals surface area (Å²) in [6.45, 7) is 0. The summed E-state index contributed by atoms with van der Waals surface area (Å²) in [6, 6.07) is 34.9. The lowest BCUT2D eigenvalue weighted by atomic mass is 9.89. The van der Waals surface area contributed by atoms with E-state index < -0.39 is 0 Å². The highest BCUT2D eigenvalue weighted by Crippen LogP contribution is 2.51. The smallest absolute Gasteiger partial charge is 0.0381 e. The van der Waals surface area contributed by atoms with Crippen LogP contribution in [-0.2, 0) is 6.42 Å². The molecule has 8 aromatic rings. The molecule has 0 amide bonds. The van der Waals surface area contributed by atoms with E-state index in [1.807, 2.05) is 45.8 Å². The average molecular weight is 659 g/mol. The maximum atomic E-state index is 2.51. The molecule has 0 N–H and O–H groups in total. The molecule has 0 bridgehead atoms. The predicted octanol–water partition coefficient (Wildman–Crippen LogP) is 13.5. The fourth-order valence-corrected chi connectivity index (χ4v) is 12.7. The van der Waals surface area contributed by atoms with Crippen LogP contribution in [0.4, 0.5) is 0 Å². The summed E-state index contributed by atoms with van der Waals surface area (Å²) in [4.78, 5) is 2.98. The van der Waals surface area contributed by atoms with Crippen molar-refractivity contribution in [1.29, 1.82) is 0 Å². The lowest BCUT2D eigenvalue weighted by Gasteiger charge is -2.15. The third-order valence-corrected chi connectivity index (χ3v) is 15.0. The number of thiophene rings is 3. The van der Waals surface area contributed by atoms with E-state index >= 15 is 0 Å². The summed E-state index contributed by atoms with van der Waals surface area (Å²) in [7, 11) is 0. The van der Waals surface area contributed by atoms with Gasteiger partial charge in [-0.15, -0.1) is 45.8 Å². The van der Waals surface area contributed by atoms with Crippen molar-refractivity contribution in [3.05, 3.63) is 137 Å². The van der Waals surface area contributed by atoms with Gasteiger partial charge in [-0.05, 0) is 101 Å². The first-order chi connectivity index (χ1) is 22.7. The van der Waals surface area contributed by atoms with Crippen molar-refractivity contribution in [3.8, 4) is 11.1 Å². The maximum Gasteiger partial charge on any atom is 0.0381 e. The Morgan fingerprint density at radius 3 is 2.30 bits per heavy atom. The van der Waals surface area contributed by atoms with Gasteiger partial charge in [0.15, 0.2) is 0 Å². The van der Waals surface area contributed by atoms with Crippen LogP contribution in [0.25, 0.3) is 73.2 Å². The van der Waals surface area contributed by atoms with Crippen LogP contribution in [0, 0.1) is 0 Å². The molecule has 1 aliphatic heterocycles. The molecule has 3 aromatic heterocycles. The van der Waals surface area contributed by atoms with Crippen LogP contribution >= 0.6 is 45.8 Å². The third-order valence-electron chi connectivity index (χ3n) is 10.1. The Labute approximate surface area is 283 Å². The molecule has 0 nitrogen and oxygen atoms in total. The summed E-state index contributed by atoms with van der Waals surface area (Å²) >= 11 is 7.87. The zero-order chi connectivity index (χ0) is 29.9. The zero-order valence-corrected chi connectivity index (χ0v) is 28.0. The molecular weight excluding hydrogens is 633 g/mol. The third kappa shape index (κ3) is 3.79. The van der Waals surface area contributed by atoms with Crippen LogP contribution in [0.3, 0.4) is 0 Å². The number of hydrogen-bond donors (Lipinski definition) is 0. The molecule has 0 saturated heterocycles. The van der Waals surface area contributed by atoms with Gasteiger partial charge in [0.25, 0.3) is 0 Å². The Hall–Kier alpha value is -3.93. The normalized spacial score (nSPS) is 18.6. The monoisotopic (exact) mass is 658 g/mol. The van der Waals surface area contributed by atoms with Crippen molar-refractivity contribution in [2.75, 3.05) is 0 Å². The van der Waals surface area contributed by atoms with Gasteiger partial charge in [-0.3, -0.25) is 0 Å². The Morgan fingerprint density at radius 1 is 0.543 bits per heavy atom. The van der Waals surface area contributed by atoms with Gasteiger partial charge in [0.1, 0.15) is 0 Å². The molecule has 0 saturated carbocycles. The molecule has 3 aliphatic rings. The van der Waals surface area contributed by atoms with Crippen LogP contribution in [0.15, 0.2) is 120 Å². The maximum absolute atomic E-state index is 2.51. The van der Waals surface area contributed by atoms with E-state index in [1.54, 1.807) is 0 Å². The number of hydrogen-bond acceptors (Lipinski definition) is 4. The van der Waals surface area contributed by atoms with Crippen molar-refractivity contribution in [2.45, 2.75) is 28.9 Å². The van der Waals surface area contributed by atoms with E-state index in [0.29, 0.717) is 11.2 Å². The first-order valence-corrected chi connectivity index (χ1v) is 19.3. The standard InChI is InChI=1S/C42H26S4/c1-3-10-33-27(8-1)30-21-40-31(22-39(30)45-33)29-19-25(12-14-35(29)46-40)23-6-5-7-24(18-23)26-13-15-36-32(20-26)42-38(44-36)17-16-37-41(42)28-9-2-4-11-34(28)43-37/h1-12,14,16-22,27,33H,13,15H2. The van der Waals surface area contributed by atoms with E-state index in [4.69, 9.17) is 0 Å². The first kappa shape index (κ1) is 26.2. The highest BCUT2D eigenvalue weighted by Gasteiger charge is 2.31. The average Bonchev–Trinajstić information content (AvgIpc) is 3.86. The predicted molar refractivity (Wildman–Crippen MR) is 206 cm³/mol. The van der Waals surface area contributed by atoms with Crippen LogP contribution in [0.1, 0.15) is 33.9 Å². The quantitative estimate of drug-likeness (QED) is 0.178. The molecule has 2 aliphatic carbocycles. The molecule has 2 atom stereocenters. The Balaban J connectivity index is 1.01. The van der Waals surface area contributed by atoms with Crippen molar-refractivity contribution < 1.29 is 0 Å². The second-order valence-electron chi connectivity index (χ2n) is 12.7. The Kier molecular flexibility index (Phi) is 5.57. The van der Waals surface area contributed by atoms with Crippen molar-refractivity contribution in [1.82, 2.24) is 0 Å². The van der Waals surface area contributed by atoms with Gasteiger partial charge in [0, 0.05) is 71.4 Å². The second-order valence-corrected chi connectivity index (χ2v) is 17.2. The molecule has 218 valence electrons. The van der Waals surface area contributed by atoms with Gasteiger partial charge in [0.05, 0.1) is 0 Å². The summed E-state index contributed by atoms with van der Waals surface area (Å²) in [6.07, 6.45) is 13.9. The molecule has 0 spiro atoms. The van der Waals surface area contributed by atoms with Gasteiger partial charge < -0.3 is 0 Å². The molecule has 4 heterocycles. The Bertz CT molecular complexity index is 2690. The van der Waals surface area contributed by atoms with Gasteiger partial charge in [-0.2, -0.15) is 0 Å². The van der Waals surface area contributed by atoms with E-state index in [1.165, 1.54) is 93.6 Å². The molecule has 2 unspecified atom stereocenters. The zero-order valence-electron chi connectivity index (χ0n) is 24.7. The molecule has 0 radical (unpaired) electrons. The number of allylic oxidation sites excluding steroid dienone is 4. The number of benzene rings is 5. The van der Waals surface area contributed by atoms with Crippen LogP contribution in [-0.4, -0.2) is 5.25 Å². The molecule has 46 heavy (non-hydrogen) atoms. The molecule has 11 rings (SSSR count). The van der Waals surface area contributed by atoms with E-state index in [9.17, 15) is 0 Å². The minimum atomic E-state index is 0.505. The first-order valence-electron chi connectivity index (χ1n) is 15.9. The second kappa shape index (κ2) is 9.79. The van der Waals surface area contributed by atoms with E-state index in [-0.39, 0.29) is 0 Å². The lowest BCUT2D eigenvalue weighted by Crippen LogP contribution is -2.06. The molecule has 0 fully saturated rings. The van der Waals surface area contributed by atoms with Crippen LogP contribution in [0.5, 0.6) is 0 Å². The van der Waals surface area contributed by atoms with E-state index in [2.05, 4.69) is 121 Å². The number of rotatable bonds is 2.